The molecular weight excluding hydrogens is 314 g/mol. The molecule has 0 unspecified atom stereocenters. The minimum absolute atomic E-state index is 0. The summed E-state index contributed by atoms with van der Waals surface area (Å²) < 4.78 is 0. The Morgan fingerprint density at radius 3 is 1.27 bits per heavy atom. The van der Waals surface area contributed by atoms with E-state index in [1.54, 1.807) is 6.92 Å². The third-order valence-electron chi connectivity index (χ3n) is 0.601. The molecule has 0 radical (unpaired) electrons. The van der Waals surface area contributed by atoms with Crippen molar-refractivity contribution in [2.24, 2.45) is 5.73 Å². The zero-order chi connectivity index (χ0) is 8.73. The Bertz CT molecular complexity index is 139. The molecule has 0 rings (SSSR count). The van der Waals surface area contributed by atoms with E-state index in [1.165, 1.54) is 13.8 Å². The quantitative estimate of drug-likeness (QED) is 0.719. The number of Topliss-reactive ketones (excluding diaryl/α,β-unsaturated/α-hetero) is 1. The van der Waals surface area contributed by atoms with Gasteiger partial charge in [0.15, 0.2) is 5.78 Å². The summed E-state index contributed by atoms with van der Waals surface area (Å²) in [7, 11) is 0. The summed E-state index contributed by atoms with van der Waals surface area (Å²) >= 11 is 0. The smallest absolute Gasteiger partial charge is 0.214 e. The zero-order valence-electron chi connectivity index (χ0n) is 7.01. The normalized spacial score (nSPS) is 6.45. The largest absolute Gasteiger partial charge is 0.370 e. The molecule has 64 valence electrons. The fraction of sp³-hybridized carbons (Fsp3) is 0.429. The number of carbonyl (C=O) groups is 2. The molecule has 0 fully saturated rings. The van der Waals surface area contributed by atoms with E-state index in [2.05, 4.69) is 12.3 Å². The molecule has 0 aromatic carbocycles. The number of hydrogen-bond acceptors (Lipinski definition) is 2. The number of allylic oxidation sites excluding steroid dienone is 1. The molecule has 0 saturated carbocycles. The van der Waals surface area contributed by atoms with Gasteiger partial charge in [0.2, 0.25) is 5.91 Å². The molecule has 0 aromatic rings. The third-order valence-corrected chi connectivity index (χ3v) is 0.601. The summed E-state index contributed by atoms with van der Waals surface area (Å²) in [5, 5.41) is 0. The Kier molecular flexibility index (Phi) is 14.7. The molecule has 0 aliphatic carbocycles. The van der Waals surface area contributed by atoms with E-state index in [-0.39, 0.29) is 32.8 Å². The van der Waals surface area contributed by atoms with Gasteiger partial charge in [-0.15, -0.1) is 0 Å². The standard InChI is InChI=1S/C5H8O.C2H5NO.W/c1-4(2)5(3)6;1-2(3)4;/h1H2,2-3H3;1H3,(H2,3,4);. The average Bonchev–Trinajstić information content (AvgIpc) is 1.63. The number of primary amides is 1. The van der Waals surface area contributed by atoms with Gasteiger partial charge in [-0.05, 0) is 19.4 Å². The molecule has 0 aliphatic heterocycles. The van der Waals surface area contributed by atoms with E-state index >= 15 is 0 Å². The molecule has 11 heavy (non-hydrogen) atoms. The van der Waals surface area contributed by atoms with Crippen LogP contribution in [0.2, 0.25) is 0 Å². The second kappa shape index (κ2) is 9.57. The first kappa shape index (κ1) is 16.9. The van der Waals surface area contributed by atoms with Gasteiger partial charge in [-0.1, -0.05) is 6.58 Å². The van der Waals surface area contributed by atoms with E-state index in [4.69, 9.17) is 0 Å². The maximum Gasteiger partial charge on any atom is 0.214 e. The fourth-order valence-corrected chi connectivity index (χ4v) is 0. The van der Waals surface area contributed by atoms with Gasteiger partial charge in [-0.2, -0.15) is 0 Å². The summed E-state index contributed by atoms with van der Waals surface area (Å²) in [6.07, 6.45) is 0. The van der Waals surface area contributed by atoms with Crippen molar-refractivity contribution in [3.05, 3.63) is 12.2 Å². The second-order valence-electron chi connectivity index (χ2n) is 1.95. The van der Waals surface area contributed by atoms with Gasteiger partial charge in [-0.3, -0.25) is 9.59 Å². The van der Waals surface area contributed by atoms with Crippen molar-refractivity contribution in [1.82, 2.24) is 0 Å². The fourth-order valence-electron chi connectivity index (χ4n) is 0. The van der Waals surface area contributed by atoms with Crippen LogP contribution in [0.4, 0.5) is 0 Å². The van der Waals surface area contributed by atoms with Crippen LogP contribution >= 0.6 is 0 Å². The Labute approximate surface area is 81.3 Å². The SMILES string of the molecule is C=C(C)C(C)=O.CC(N)=O.[W]. The average molecular weight is 327 g/mol. The number of hydrogen-bond donors (Lipinski definition) is 1. The predicted molar refractivity (Wildman–Crippen MR) is 40.4 cm³/mol. The Balaban J connectivity index is -0.000000114. The maximum atomic E-state index is 10.0. The molecule has 0 heterocycles. The Hall–Kier alpha value is -0.432. The number of rotatable bonds is 1. The Morgan fingerprint density at radius 1 is 1.18 bits per heavy atom. The molecule has 0 aromatic heterocycles. The number of nitrogens with two attached hydrogens (primary N) is 1. The van der Waals surface area contributed by atoms with Crippen LogP contribution in [0.3, 0.4) is 0 Å². The van der Waals surface area contributed by atoms with Crippen LogP contribution in [-0.2, 0) is 30.7 Å². The van der Waals surface area contributed by atoms with Gasteiger partial charge in [-0.25, -0.2) is 0 Å². The summed E-state index contributed by atoms with van der Waals surface area (Å²) in [5.41, 5.74) is 5.09. The maximum absolute atomic E-state index is 10.0. The van der Waals surface area contributed by atoms with Crippen LogP contribution in [0.1, 0.15) is 20.8 Å². The van der Waals surface area contributed by atoms with Crippen LogP contribution in [-0.4, -0.2) is 11.7 Å². The van der Waals surface area contributed by atoms with Gasteiger partial charge in [0.05, 0.1) is 0 Å². The summed E-state index contributed by atoms with van der Waals surface area (Å²) in [6.45, 7) is 7.91. The first-order chi connectivity index (χ1) is 4.37. The summed E-state index contributed by atoms with van der Waals surface area (Å²) in [6, 6.07) is 0. The predicted octanol–water partition coefficient (Wildman–Crippen LogP) is 0.641. The van der Waals surface area contributed by atoms with E-state index in [0.29, 0.717) is 5.57 Å². The summed E-state index contributed by atoms with van der Waals surface area (Å²) in [5.74, 6) is -0.269. The molecular formula is C7H13NO2W. The summed E-state index contributed by atoms with van der Waals surface area (Å²) in [4.78, 5) is 19.3. The van der Waals surface area contributed by atoms with Crippen molar-refractivity contribution in [2.75, 3.05) is 0 Å². The van der Waals surface area contributed by atoms with E-state index < -0.39 is 0 Å². The topological polar surface area (TPSA) is 60.2 Å². The molecule has 0 atom stereocenters. The molecule has 2 N–H and O–H groups in total. The van der Waals surface area contributed by atoms with Crippen molar-refractivity contribution in [1.29, 1.82) is 0 Å². The number of ketones is 1. The van der Waals surface area contributed by atoms with Gasteiger partial charge in [0.25, 0.3) is 0 Å². The van der Waals surface area contributed by atoms with E-state index in [0.717, 1.165) is 0 Å². The molecule has 3 nitrogen and oxygen atoms in total. The van der Waals surface area contributed by atoms with Crippen LogP contribution < -0.4 is 5.73 Å². The van der Waals surface area contributed by atoms with Crippen LogP contribution in [0.15, 0.2) is 12.2 Å². The minimum Gasteiger partial charge on any atom is -0.370 e. The molecule has 4 heteroatoms. The first-order valence-electron chi connectivity index (χ1n) is 2.80. The molecule has 0 spiro atoms. The number of carbonyl (C=O) groups excluding carboxylic acids is 2. The molecule has 0 saturated heterocycles. The van der Waals surface area contributed by atoms with Crippen LogP contribution in [0, 0.1) is 0 Å². The van der Waals surface area contributed by atoms with Crippen LogP contribution in [0.25, 0.3) is 0 Å². The van der Waals surface area contributed by atoms with Gasteiger partial charge < -0.3 is 5.73 Å². The van der Waals surface area contributed by atoms with Crippen molar-refractivity contribution in [2.45, 2.75) is 20.8 Å². The van der Waals surface area contributed by atoms with Gasteiger partial charge in [0, 0.05) is 28.0 Å². The van der Waals surface area contributed by atoms with Crippen molar-refractivity contribution in [3.8, 4) is 0 Å². The van der Waals surface area contributed by atoms with E-state index in [9.17, 15) is 9.59 Å². The molecule has 1 amide bonds. The number of amides is 1. The zero-order valence-corrected chi connectivity index (χ0v) is 9.94. The van der Waals surface area contributed by atoms with Crippen molar-refractivity contribution >= 4 is 11.7 Å². The van der Waals surface area contributed by atoms with Crippen molar-refractivity contribution < 1.29 is 30.7 Å². The first-order valence-corrected chi connectivity index (χ1v) is 2.80. The van der Waals surface area contributed by atoms with E-state index in [1.807, 2.05) is 0 Å². The molecule has 0 aliphatic rings. The minimum atomic E-state index is -0.333. The monoisotopic (exact) mass is 327 g/mol. The van der Waals surface area contributed by atoms with Crippen LogP contribution in [0.5, 0.6) is 0 Å². The second-order valence-corrected chi connectivity index (χ2v) is 1.95. The van der Waals surface area contributed by atoms with Gasteiger partial charge >= 0.3 is 0 Å². The van der Waals surface area contributed by atoms with Gasteiger partial charge in [0.1, 0.15) is 0 Å². The Morgan fingerprint density at radius 2 is 1.27 bits per heavy atom. The molecule has 0 bridgehead atoms. The third kappa shape index (κ3) is 43.0. The van der Waals surface area contributed by atoms with Crippen molar-refractivity contribution in [3.63, 3.8) is 0 Å².